The highest BCUT2D eigenvalue weighted by Crippen LogP contribution is 2.29. The van der Waals surface area contributed by atoms with Gasteiger partial charge in [-0.15, -0.1) is 0 Å². The van der Waals surface area contributed by atoms with E-state index in [1.165, 1.54) is 19.1 Å². The fourth-order valence-electron chi connectivity index (χ4n) is 2.91. The predicted molar refractivity (Wildman–Crippen MR) is 95.1 cm³/mol. The molecule has 26 heavy (non-hydrogen) atoms. The van der Waals surface area contributed by atoms with Crippen molar-refractivity contribution in [3.63, 3.8) is 0 Å². The van der Waals surface area contributed by atoms with Crippen molar-refractivity contribution < 1.29 is 22.3 Å². The van der Waals surface area contributed by atoms with Crippen LogP contribution in [-0.2, 0) is 0 Å². The summed E-state index contributed by atoms with van der Waals surface area (Å²) in [5.41, 5.74) is 1.41. The molecule has 2 aromatic rings. The molecule has 0 radical (unpaired) electrons. The Bertz CT molecular complexity index is 711. The van der Waals surface area contributed by atoms with Gasteiger partial charge in [0.05, 0.1) is 0 Å². The molecule has 142 valence electrons. The molecule has 0 fully saturated rings. The molecule has 0 heterocycles. The fraction of sp³-hybridized carbons (Fsp3) is 0.429. The maximum absolute atomic E-state index is 14.3. The van der Waals surface area contributed by atoms with Crippen LogP contribution in [0.15, 0.2) is 36.4 Å². The van der Waals surface area contributed by atoms with E-state index >= 15 is 0 Å². The van der Waals surface area contributed by atoms with Crippen molar-refractivity contribution in [1.29, 1.82) is 0 Å². The summed E-state index contributed by atoms with van der Waals surface area (Å²) in [6.45, 7) is 4.88. The van der Waals surface area contributed by atoms with E-state index < -0.39 is 36.3 Å². The summed E-state index contributed by atoms with van der Waals surface area (Å²) in [6, 6.07) is 9.28. The molecule has 2 aromatic carbocycles. The molecule has 0 spiro atoms. The molecule has 0 N–H and O–H groups in total. The summed E-state index contributed by atoms with van der Waals surface area (Å²) >= 11 is 0. The third kappa shape index (κ3) is 4.57. The van der Waals surface area contributed by atoms with Crippen LogP contribution in [0.4, 0.5) is 17.6 Å². The van der Waals surface area contributed by atoms with E-state index in [4.69, 9.17) is 4.74 Å². The molecule has 5 heteroatoms. The standard InChI is InChI=1S/C21H24F4O/c1-4-14(5-2)15-7-9-16(10-8-15)20(24)17(22)12-26-18-11-6-13(3)19(23)21(18)25/h6-11,14,17,20H,4-5,12H2,1-3H3. The molecule has 2 unspecified atom stereocenters. The quantitative estimate of drug-likeness (QED) is 0.477. The molecule has 2 atom stereocenters. The average Bonchev–Trinajstić information content (AvgIpc) is 2.66. The van der Waals surface area contributed by atoms with Gasteiger partial charge in [0.1, 0.15) is 6.61 Å². The molecular weight excluding hydrogens is 344 g/mol. The Morgan fingerprint density at radius 1 is 0.846 bits per heavy atom. The lowest BCUT2D eigenvalue weighted by molar-refractivity contribution is 0.106. The van der Waals surface area contributed by atoms with Gasteiger partial charge in [-0.2, -0.15) is 4.39 Å². The van der Waals surface area contributed by atoms with Crippen molar-refractivity contribution in [2.24, 2.45) is 0 Å². The Labute approximate surface area is 152 Å². The Hall–Kier alpha value is -2.04. The minimum atomic E-state index is -1.99. The highest BCUT2D eigenvalue weighted by molar-refractivity contribution is 5.30. The van der Waals surface area contributed by atoms with E-state index in [1.807, 2.05) is 12.1 Å². The maximum Gasteiger partial charge on any atom is 0.200 e. The van der Waals surface area contributed by atoms with Crippen molar-refractivity contribution in [2.75, 3.05) is 6.61 Å². The highest BCUT2D eigenvalue weighted by atomic mass is 19.2. The van der Waals surface area contributed by atoms with Crippen molar-refractivity contribution in [2.45, 2.75) is 51.9 Å². The van der Waals surface area contributed by atoms with Gasteiger partial charge in [0.15, 0.2) is 23.9 Å². The lowest BCUT2D eigenvalue weighted by Gasteiger charge is -2.17. The third-order valence-electron chi connectivity index (χ3n) is 4.67. The minimum Gasteiger partial charge on any atom is -0.487 e. The lowest BCUT2D eigenvalue weighted by Crippen LogP contribution is -2.19. The Kier molecular flexibility index (Phi) is 7.06. The number of halogens is 4. The van der Waals surface area contributed by atoms with E-state index in [2.05, 4.69) is 13.8 Å². The van der Waals surface area contributed by atoms with Crippen molar-refractivity contribution >= 4 is 0 Å². The first-order valence-electron chi connectivity index (χ1n) is 8.84. The summed E-state index contributed by atoms with van der Waals surface area (Å²) in [7, 11) is 0. The molecule has 0 amide bonds. The molecule has 0 saturated heterocycles. The van der Waals surface area contributed by atoms with E-state index in [-0.39, 0.29) is 11.1 Å². The van der Waals surface area contributed by atoms with Crippen LogP contribution in [0.5, 0.6) is 5.75 Å². The average molecular weight is 368 g/mol. The second-order valence-corrected chi connectivity index (χ2v) is 6.42. The van der Waals surface area contributed by atoms with Crippen LogP contribution in [0, 0.1) is 18.6 Å². The zero-order valence-electron chi connectivity index (χ0n) is 15.2. The smallest absolute Gasteiger partial charge is 0.200 e. The van der Waals surface area contributed by atoms with Gasteiger partial charge in [0.2, 0.25) is 5.82 Å². The Morgan fingerprint density at radius 2 is 1.42 bits per heavy atom. The molecule has 0 aromatic heterocycles. The highest BCUT2D eigenvalue weighted by Gasteiger charge is 2.24. The van der Waals surface area contributed by atoms with Crippen LogP contribution < -0.4 is 4.74 Å². The van der Waals surface area contributed by atoms with Gasteiger partial charge in [-0.1, -0.05) is 44.2 Å². The molecule has 2 rings (SSSR count). The van der Waals surface area contributed by atoms with Crippen LogP contribution in [0.25, 0.3) is 0 Å². The predicted octanol–water partition coefficient (Wildman–Crippen LogP) is 6.60. The first-order valence-corrected chi connectivity index (χ1v) is 8.84. The monoisotopic (exact) mass is 368 g/mol. The minimum absolute atomic E-state index is 0.118. The topological polar surface area (TPSA) is 9.23 Å². The number of benzene rings is 2. The second kappa shape index (κ2) is 9.06. The van der Waals surface area contributed by atoms with E-state index in [0.717, 1.165) is 18.4 Å². The second-order valence-electron chi connectivity index (χ2n) is 6.42. The van der Waals surface area contributed by atoms with Crippen molar-refractivity contribution in [3.05, 3.63) is 64.7 Å². The molecular formula is C21H24F4O. The van der Waals surface area contributed by atoms with Gasteiger partial charge in [-0.3, -0.25) is 0 Å². The zero-order valence-corrected chi connectivity index (χ0v) is 15.2. The molecule has 0 saturated carbocycles. The Balaban J connectivity index is 2.01. The van der Waals surface area contributed by atoms with Gasteiger partial charge < -0.3 is 4.74 Å². The summed E-state index contributed by atoms with van der Waals surface area (Å²) < 4.78 is 60.6. The number of ether oxygens (including phenoxy) is 1. The van der Waals surface area contributed by atoms with Crippen LogP contribution in [0.2, 0.25) is 0 Å². The van der Waals surface area contributed by atoms with Crippen molar-refractivity contribution in [3.8, 4) is 5.75 Å². The van der Waals surface area contributed by atoms with Gasteiger partial charge in [-0.25, -0.2) is 13.2 Å². The summed E-state index contributed by atoms with van der Waals surface area (Å²) in [5, 5.41) is 0. The van der Waals surface area contributed by atoms with Crippen LogP contribution in [-0.4, -0.2) is 12.8 Å². The van der Waals surface area contributed by atoms with Gasteiger partial charge >= 0.3 is 0 Å². The summed E-state index contributed by atoms with van der Waals surface area (Å²) in [6.07, 6.45) is -1.93. The number of hydrogen-bond acceptors (Lipinski definition) is 1. The fourth-order valence-corrected chi connectivity index (χ4v) is 2.91. The molecule has 0 aliphatic heterocycles. The summed E-state index contributed by atoms with van der Waals surface area (Å²) in [4.78, 5) is 0. The number of rotatable bonds is 8. The van der Waals surface area contributed by atoms with Gasteiger partial charge in [-0.05, 0) is 48.4 Å². The van der Waals surface area contributed by atoms with E-state index in [0.29, 0.717) is 5.92 Å². The largest absolute Gasteiger partial charge is 0.487 e. The number of alkyl halides is 2. The molecule has 0 aliphatic carbocycles. The lowest BCUT2D eigenvalue weighted by atomic mass is 9.92. The van der Waals surface area contributed by atoms with Crippen LogP contribution in [0.3, 0.4) is 0 Å². The third-order valence-corrected chi connectivity index (χ3v) is 4.67. The first-order chi connectivity index (χ1) is 12.4. The SMILES string of the molecule is CCC(CC)c1ccc(C(F)C(F)COc2ccc(C)c(F)c2F)cc1. The first kappa shape index (κ1) is 20.3. The van der Waals surface area contributed by atoms with Crippen molar-refractivity contribution in [1.82, 2.24) is 0 Å². The Morgan fingerprint density at radius 3 is 2.00 bits per heavy atom. The van der Waals surface area contributed by atoms with E-state index in [1.54, 1.807) is 12.1 Å². The van der Waals surface area contributed by atoms with E-state index in [9.17, 15) is 17.6 Å². The van der Waals surface area contributed by atoms with Gasteiger partial charge in [0, 0.05) is 0 Å². The molecule has 0 aliphatic rings. The zero-order chi connectivity index (χ0) is 19.3. The van der Waals surface area contributed by atoms with Crippen LogP contribution >= 0.6 is 0 Å². The maximum atomic E-state index is 14.3. The van der Waals surface area contributed by atoms with Gasteiger partial charge in [0.25, 0.3) is 0 Å². The molecule has 0 bridgehead atoms. The number of aryl methyl sites for hydroxylation is 1. The number of hydrogen-bond donors (Lipinski definition) is 0. The summed E-state index contributed by atoms with van der Waals surface area (Å²) in [5.74, 6) is -2.27. The normalized spacial score (nSPS) is 13.7. The molecule has 1 nitrogen and oxygen atoms in total. The van der Waals surface area contributed by atoms with Crippen LogP contribution in [0.1, 0.15) is 55.5 Å².